The molecule has 0 amide bonds. The van der Waals surface area contributed by atoms with Crippen molar-refractivity contribution in [3.8, 4) is 22.4 Å². The summed E-state index contributed by atoms with van der Waals surface area (Å²) in [6, 6.07) is 41.5. The lowest BCUT2D eigenvalue weighted by atomic mass is 9.97. The molecule has 2 N–H and O–H groups in total. The molecular formula is C33H27ClN2O. The number of nitrogens with zero attached hydrogens (tertiary/aromatic N) is 1. The molecule has 37 heavy (non-hydrogen) atoms. The van der Waals surface area contributed by atoms with E-state index < -0.39 is 6.10 Å². The smallest absolute Gasteiger partial charge is 0.0891 e. The van der Waals surface area contributed by atoms with Crippen LogP contribution in [0, 0.1) is 0 Å². The maximum atomic E-state index is 11.3. The molecule has 0 bridgehead atoms. The zero-order chi connectivity index (χ0) is 25.2. The molecule has 3 nitrogen and oxygen atoms in total. The van der Waals surface area contributed by atoms with Crippen molar-refractivity contribution < 1.29 is 5.11 Å². The Morgan fingerprint density at radius 2 is 1.32 bits per heavy atom. The molecule has 0 saturated carbocycles. The fraction of sp³-hybridized carbons (Fsp3) is 0.0909. The first-order valence-corrected chi connectivity index (χ1v) is 12.9. The zero-order valence-corrected chi connectivity index (χ0v) is 21.1. The monoisotopic (exact) mass is 502 g/mol. The third-order valence-corrected chi connectivity index (χ3v) is 7.09. The summed E-state index contributed by atoms with van der Waals surface area (Å²) in [7, 11) is 0. The second-order valence-electron chi connectivity index (χ2n) is 9.29. The zero-order valence-electron chi connectivity index (χ0n) is 20.3. The van der Waals surface area contributed by atoms with Gasteiger partial charge in [0.2, 0.25) is 0 Å². The Morgan fingerprint density at radius 1 is 0.676 bits per heavy atom. The minimum atomic E-state index is -0.615. The lowest BCUT2D eigenvalue weighted by Gasteiger charge is -2.18. The van der Waals surface area contributed by atoms with E-state index in [1.807, 2.05) is 36.4 Å². The molecule has 0 radical (unpaired) electrons. The molecule has 5 aromatic carbocycles. The van der Waals surface area contributed by atoms with E-state index in [4.69, 9.17) is 11.6 Å². The fourth-order valence-corrected chi connectivity index (χ4v) is 5.30. The molecule has 4 heteroatoms. The van der Waals surface area contributed by atoms with Crippen LogP contribution >= 0.6 is 11.6 Å². The maximum Gasteiger partial charge on any atom is 0.0891 e. The van der Waals surface area contributed by atoms with Gasteiger partial charge in [0, 0.05) is 33.6 Å². The Hall–Kier alpha value is -4.05. The third kappa shape index (κ3) is 4.60. The van der Waals surface area contributed by atoms with Gasteiger partial charge in [-0.25, -0.2) is 0 Å². The van der Waals surface area contributed by atoms with Crippen LogP contribution in [0.5, 0.6) is 0 Å². The highest BCUT2D eigenvalue weighted by molar-refractivity contribution is 6.30. The summed E-state index contributed by atoms with van der Waals surface area (Å²) in [5.41, 5.74) is 6.66. The van der Waals surface area contributed by atoms with Gasteiger partial charge in [-0.3, -0.25) is 0 Å². The molecule has 1 aromatic heterocycles. The van der Waals surface area contributed by atoms with Gasteiger partial charge in [0.05, 0.1) is 23.9 Å². The lowest BCUT2D eigenvalue weighted by Crippen LogP contribution is -2.25. The molecule has 0 aliphatic heterocycles. The first kappa shape index (κ1) is 23.4. The molecular weight excluding hydrogens is 476 g/mol. The van der Waals surface area contributed by atoms with Crippen LogP contribution < -0.4 is 5.32 Å². The summed E-state index contributed by atoms with van der Waals surface area (Å²) < 4.78 is 2.31. The van der Waals surface area contributed by atoms with E-state index in [1.54, 1.807) is 0 Å². The summed E-state index contributed by atoms with van der Waals surface area (Å²) in [6.07, 6.45) is -0.615. The Kier molecular flexibility index (Phi) is 6.40. The first-order valence-electron chi connectivity index (χ1n) is 12.5. The largest absolute Gasteiger partial charge is 0.389 e. The van der Waals surface area contributed by atoms with Gasteiger partial charge in [0.1, 0.15) is 0 Å². The summed E-state index contributed by atoms with van der Waals surface area (Å²) in [5.74, 6) is 0. The fourth-order valence-electron chi connectivity index (χ4n) is 5.18. The van der Waals surface area contributed by atoms with Crippen molar-refractivity contribution in [3.63, 3.8) is 0 Å². The van der Waals surface area contributed by atoms with Crippen LogP contribution in [-0.4, -0.2) is 22.3 Å². The first-order chi connectivity index (χ1) is 18.2. The van der Waals surface area contributed by atoms with E-state index in [0.29, 0.717) is 18.1 Å². The van der Waals surface area contributed by atoms with Gasteiger partial charge in [0.15, 0.2) is 0 Å². The van der Waals surface area contributed by atoms with Crippen LogP contribution in [0.3, 0.4) is 0 Å². The average molecular weight is 503 g/mol. The molecule has 1 atom stereocenters. The van der Waals surface area contributed by atoms with Crippen molar-refractivity contribution in [2.45, 2.75) is 12.6 Å². The number of aliphatic hydroxyl groups excluding tert-OH is 1. The van der Waals surface area contributed by atoms with Crippen molar-refractivity contribution in [1.29, 1.82) is 0 Å². The van der Waals surface area contributed by atoms with E-state index in [2.05, 4.69) is 94.8 Å². The van der Waals surface area contributed by atoms with Crippen molar-refractivity contribution >= 4 is 39.0 Å². The van der Waals surface area contributed by atoms with Crippen LogP contribution in [0.15, 0.2) is 121 Å². The summed E-state index contributed by atoms with van der Waals surface area (Å²) in [6.45, 7) is 0.864. The standard InChI is InChI=1S/C33H27ClN2O/c34-26-16-18-27(19-17-26)35-21-28(37)22-36-32(25-12-5-2-6-13-25)31(24-10-3-1-4-11-24)30-20-15-23-9-7-8-14-29(23)33(30)36/h1-20,28,35,37H,21-22H2/t28-/m0/s1. The van der Waals surface area contributed by atoms with Gasteiger partial charge in [-0.15, -0.1) is 0 Å². The highest BCUT2D eigenvalue weighted by atomic mass is 35.5. The SMILES string of the molecule is O[C@@H](CNc1ccc(Cl)cc1)Cn1c(-c2ccccc2)c(-c2ccccc2)c2ccc3ccccc3c21. The maximum absolute atomic E-state index is 11.3. The quantitative estimate of drug-likeness (QED) is 0.230. The number of halogens is 1. The molecule has 0 unspecified atom stereocenters. The number of hydrogen-bond donors (Lipinski definition) is 2. The third-order valence-electron chi connectivity index (χ3n) is 6.84. The van der Waals surface area contributed by atoms with Gasteiger partial charge in [-0.1, -0.05) is 109 Å². The number of rotatable bonds is 7. The second kappa shape index (κ2) is 10.1. The molecule has 0 saturated heterocycles. The minimum Gasteiger partial charge on any atom is -0.389 e. The van der Waals surface area contributed by atoms with Crippen LogP contribution in [0.4, 0.5) is 5.69 Å². The predicted molar refractivity (Wildman–Crippen MR) is 156 cm³/mol. The number of hydrogen-bond acceptors (Lipinski definition) is 2. The molecule has 6 aromatic rings. The number of aromatic nitrogens is 1. The second-order valence-corrected chi connectivity index (χ2v) is 9.73. The van der Waals surface area contributed by atoms with Crippen molar-refractivity contribution in [1.82, 2.24) is 4.57 Å². The van der Waals surface area contributed by atoms with Crippen LogP contribution in [0.25, 0.3) is 44.1 Å². The number of aliphatic hydroxyl groups is 1. The molecule has 1 heterocycles. The summed E-state index contributed by atoms with van der Waals surface area (Å²) in [5, 5.41) is 18.9. The molecule has 6 rings (SSSR count). The highest BCUT2D eigenvalue weighted by Gasteiger charge is 2.23. The highest BCUT2D eigenvalue weighted by Crippen LogP contribution is 2.43. The van der Waals surface area contributed by atoms with E-state index in [0.717, 1.165) is 28.0 Å². The van der Waals surface area contributed by atoms with Crippen molar-refractivity contribution in [2.75, 3.05) is 11.9 Å². The number of benzene rings is 5. The van der Waals surface area contributed by atoms with E-state index in [-0.39, 0.29) is 0 Å². The Balaban J connectivity index is 1.54. The van der Waals surface area contributed by atoms with Crippen LogP contribution in [-0.2, 0) is 6.54 Å². The lowest BCUT2D eigenvalue weighted by molar-refractivity contribution is 0.169. The Labute approximate surface area is 221 Å². The molecule has 0 spiro atoms. The molecule has 0 aliphatic carbocycles. The summed E-state index contributed by atoms with van der Waals surface area (Å²) in [4.78, 5) is 0. The number of fused-ring (bicyclic) bond motifs is 3. The molecule has 0 fully saturated rings. The van der Waals surface area contributed by atoms with Crippen LogP contribution in [0.2, 0.25) is 5.02 Å². The van der Waals surface area contributed by atoms with Gasteiger partial charge in [-0.2, -0.15) is 0 Å². The Morgan fingerprint density at radius 3 is 2.05 bits per heavy atom. The predicted octanol–water partition coefficient (Wildman–Crippen LogP) is 8.25. The van der Waals surface area contributed by atoms with Crippen molar-refractivity contribution in [3.05, 3.63) is 126 Å². The molecule has 182 valence electrons. The van der Waals surface area contributed by atoms with E-state index in [9.17, 15) is 5.11 Å². The van der Waals surface area contributed by atoms with Crippen LogP contribution in [0.1, 0.15) is 0 Å². The number of nitrogens with one attached hydrogen (secondary N) is 1. The van der Waals surface area contributed by atoms with Gasteiger partial charge >= 0.3 is 0 Å². The molecule has 0 aliphatic rings. The number of anilines is 1. The van der Waals surface area contributed by atoms with Gasteiger partial charge in [0.25, 0.3) is 0 Å². The topological polar surface area (TPSA) is 37.2 Å². The normalized spacial score (nSPS) is 12.2. The Bertz CT molecular complexity index is 1660. The van der Waals surface area contributed by atoms with Crippen molar-refractivity contribution in [2.24, 2.45) is 0 Å². The summed E-state index contributed by atoms with van der Waals surface area (Å²) >= 11 is 6.03. The minimum absolute atomic E-state index is 0.418. The van der Waals surface area contributed by atoms with Gasteiger partial charge in [-0.05, 0) is 40.8 Å². The van der Waals surface area contributed by atoms with E-state index >= 15 is 0 Å². The van der Waals surface area contributed by atoms with Gasteiger partial charge < -0.3 is 15.0 Å². The average Bonchev–Trinajstić information content (AvgIpc) is 3.28. The van der Waals surface area contributed by atoms with E-state index in [1.165, 1.54) is 21.7 Å².